The first kappa shape index (κ1) is 30.3. The van der Waals surface area contributed by atoms with Gasteiger partial charge in [-0.2, -0.15) is 0 Å². The molecular weight excluding hydrogens is 550 g/mol. The number of carbonyl (C=O) groups excluding carboxylic acids is 2. The molecule has 4 rings (SSSR count). The van der Waals surface area contributed by atoms with Crippen LogP contribution in [0.2, 0.25) is 0 Å². The predicted molar refractivity (Wildman–Crippen MR) is 164 cm³/mol. The number of para-hydroxylation sites is 1. The maximum absolute atomic E-state index is 14.3. The second kappa shape index (κ2) is 13.8. The Balaban J connectivity index is 1.77. The van der Waals surface area contributed by atoms with Gasteiger partial charge in [0.25, 0.3) is 10.0 Å². The van der Waals surface area contributed by atoms with Crippen LogP contribution in [0.3, 0.4) is 0 Å². The molecule has 1 atom stereocenters. The number of hydrogen-bond donors (Lipinski definition) is 1. The van der Waals surface area contributed by atoms with E-state index in [4.69, 9.17) is 4.74 Å². The van der Waals surface area contributed by atoms with E-state index in [1.165, 1.54) is 31.2 Å². The van der Waals surface area contributed by atoms with Crippen LogP contribution in [0.1, 0.15) is 16.7 Å². The molecule has 0 heterocycles. The fraction of sp³-hybridized carbons (Fsp3) is 0.212. The maximum Gasteiger partial charge on any atom is 0.264 e. The van der Waals surface area contributed by atoms with Crippen molar-refractivity contribution in [3.8, 4) is 5.75 Å². The minimum atomic E-state index is -4.17. The van der Waals surface area contributed by atoms with E-state index in [9.17, 15) is 18.0 Å². The van der Waals surface area contributed by atoms with Gasteiger partial charge in [-0.15, -0.1) is 0 Å². The Kier molecular flexibility index (Phi) is 9.98. The summed E-state index contributed by atoms with van der Waals surface area (Å²) in [6, 6.07) is 30.7. The van der Waals surface area contributed by atoms with Crippen molar-refractivity contribution in [1.29, 1.82) is 0 Å². The molecule has 0 aromatic heterocycles. The van der Waals surface area contributed by atoms with Crippen LogP contribution in [-0.2, 0) is 32.6 Å². The molecule has 8 nitrogen and oxygen atoms in total. The van der Waals surface area contributed by atoms with Crippen molar-refractivity contribution in [3.05, 3.63) is 126 Å². The lowest BCUT2D eigenvalue weighted by molar-refractivity contribution is -0.139. The minimum absolute atomic E-state index is 0.0116. The molecule has 9 heteroatoms. The zero-order valence-corrected chi connectivity index (χ0v) is 24.8. The van der Waals surface area contributed by atoms with E-state index in [1.54, 1.807) is 42.5 Å². The van der Waals surface area contributed by atoms with Gasteiger partial charge in [0.05, 0.1) is 17.7 Å². The van der Waals surface area contributed by atoms with Crippen molar-refractivity contribution in [3.63, 3.8) is 0 Å². The second-order valence-corrected chi connectivity index (χ2v) is 11.7. The first-order chi connectivity index (χ1) is 20.2. The summed E-state index contributed by atoms with van der Waals surface area (Å²) in [5, 5.41) is 2.70. The van der Waals surface area contributed by atoms with Gasteiger partial charge >= 0.3 is 0 Å². The Morgan fingerprint density at radius 1 is 0.833 bits per heavy atom. The molecule has 0 spiro atoms. The topological polar surface area (TPSA) is 96.0 Å². The Morgan fingerprint density at radius 3 is 2.02 bits per heavy atom. The standard InChI is InChI=1S/C33H35N3O5S/c1-25-12-10-11-15-27(25)23-35(31(33(38)34-2)22-26-13-6-4-7-14-26)32(37)24-36(28-16-8-5-9-17-28)42(39,40)30-20-18-29(41-3)19-21-30/h4-21,31H,22-24H2,1-3H3,(H,34,38)/t31-/m0/s1. The lowest BCUT2D eigenvalue weighted by atomic mass is 10.0. The highest BCUT2D eigenvalue weighted by molar-refractivity contribution is 7.92. The molecular formula is C33H35N3O5S. The van der Waals surface area contributed by atoms with Crippen LogP contribution in [0.15, 0.2) is 114 Å². The van der Waals surface area contributed by atoms with E-state index in [2.05, 4.69) is 5.32 Å². The van der Waals surface area contributed by atoms with Crippen molar-refractivity contribution >= 4 is 27.5 Å². The first-order valence-electron chi connectivity index (χ1n) is 13.6. The number of amides is 2. The molecule has 4 aromatic rings. The van der Waals surface area contributed by atoms with E-state index >= 15 is 0 Å². The number of anilines is 1. The van der Waals surface area contributed by atoms with Gasteiger partial charge in [0.1, 0.15) is 18.3 Å². The Hall–Kier alpha value is -4.63. The van der Waals surface area contributed by atoms with Gasteiger partial charge in [0.15, 0.2) is 0 Å². The van der Waals surface area contributed by atoms with E-state index < -0.39 is 28.5 Å². The van der Waals surface area contributed by atoms with Crippen molar-refractivity contribution < 1.29 is 22.7 Å². The molecule has 0 aliphatic rings. The number of nitrogens with zero attached hydrogens (tertiary/aromatic N) is 2. The molecule has 0 saturated carbocycles. The van der Waals surface area contributed by atoms with Crippen LogP contribution >= 0.6 is 0 Å². The Labute approximate surface area is 247 Å². The van der Waals surface area contributed by atoms with E-state index in [0.717, 1.165) is 21.0 Å². The highest BCUT2D eigenvalue weighted by Crippen LogP contribution is 2.26. The number of ether oxygens (including phenoxy) is 1. The number of likely N-dealkylation sites (N-methyl/N-ethyl adjacent to an activating group) is 1. The van der Waals surface area contributed by atoms with E-state index in [-0.39, 0.29) is 23.8 Å². The lowest BCUT2D eigenvalue weighted by Crippen LogP contribution is -2.53. The largest absolute Gasteiger partial charge is 0.497 e. The normalized spacial score (nSPS) is 11.8. The van der Waals surface area contributed by atoms with E-state index in [1.807, 2.05) is 61.5 Å². The highest BCUT2D eigenvalue weighted by Gasteiger charge is 2.34. The predicted octanol–water partition coefficient (Wildman–Crippen LogP) is 4.59. The van der Waals surface area contributed by atoms with Gasteiger partial charge in [-0.3, -0.25) is 13.9 Å². The molecule has 218 valence electrons. The number of rotatable bonds is 12. The molecule has 0 unspecified atom stereocenters. The van der Waals surface area contributed by atoms with Gasteiger partial charge in [-0.1, -0.05) is 72.8 Å². The van der Waals surface area contributed by atoms with Gasteiger partial charge in [0.2, 0.25) is 11.8 Å². The Morgan fingerprint density at radius 2 is 1.43 bits per heavy atom. The minimum Gasteiger partial charge on any atom is -0.497 e. The molecule has 0 aliphatic carbocycles. The zero-order chi connectivity index (χ0) is 30.1. The molecule has 0 bridgehead atoms. The average Bonchev–Trinajstić information content (AvgIpc) is 3.02. The van der Waals surface area contributed by atoms with Crippen LogP contribution in [0.25, 0.3) is 0 Å². The van der Waals surface area contributed by atoms with Crippen LogP contribution in [0.4, 0.5) is 5.69 Å². The van der Waals surface area contributed by atoms with Crippen LogP contribution < -0.4 is 14.4 Å². The summed E-state index contributed by atoms with van der Waals surface area (Å²) >= 11 is 0. The highest BCUT2D eigenvalue weighted by atomic mass is 32.2. The fourth-order valence-corrected chi connectivity index (χ4v) is 6.10. The SMILES string of the molecule is CNC(=O)[C@H](Cc1ccccc1)N(Cc1ccccc1C)C(=O)CN(c1ccccc1)S(=O)(=O)c1ccc(OC)cc1. The van der Waals surface area contributed by atoms with Crippen LogP contribution in [0, 0.1) is 6.92 Å². The smallest absolute Gasteiger partial charge is 0.264 e. The summed E-state index contributed by atoms with van der Waals surface area (Å²) in [6.07, 6.45) is 0.259. The monoisotopic (exact) mass is 585 g/mol. The third-order valence-corrected chi connectivity index (χ3v) is 8.88. The van der Waals surface area contributed by atoms with Gasteiger partial charge < -0.3 is 15.0 Å². The van der Waals surface area contributed by atoms with Crippen LogP contribution in [0.5, 0.6) is 5.75 Å². The molecule has 4 aromatic carbocycles. The number of nitrogens with one attached hydrogen (secondary N) is 1. The maximum atomic E-state index is 14.3. The summed E-state index contributed by atoms with van der Waals surface area (Å²) in [6.45, 7) is 1.56. The summed E-state index contributed by atoms with van der Waals surface area (Å²) in [4.78, 5) is 29.1. The number of methoxy groups -OCH3 is 1. The van der Waals surface area contributed by atoms with Gasteiger partial charge in [-0.25, -0.2) is 8.42 Å². The van der Waals surface area contributed by atoms with Crippen molar-refractivity contribution in [2.75, 3.05) is 25.0 Å². The number of carbonyl (C=O) groups is 2. The van der Waals surface area contributed by atoms with Gasteiger partial charge in [-0.05, 0) is 60.0 Å². The lowest BCUT2D eigenvalue weighted by Gasteiger charge is -2.34. The first-order valence-corrected chi connectivity index (χ1v) is 15.0. The van der Waals surface area contributed by atoms with Crippen molar-refractivity contribution in [1.82, 2.24) is 10.2 Å². The summed E-state index contributed by atoms with van der Waals surface area (Å²) in [5.74, 6) is -0.344. The average molecular weight is 586 g/mol. The second-order valence-electron chi connectivity index (χ2n) is 9.79. The third-order valence-electron chi connectivity index (χ3n) is 7.09. The molecule has 0 radical (unpaired) electrons. The van der Waals surface area contributed by atoms with Crippen molar-refractivity contribution in [2.24, 2.45) is 0 Å². The summed E-state index contributed by atoms with van der Waals surface area (Å²) in [7, 11) is -1.14. The summed E-state index contributed by atoms with van der Waals surface area (Å²) < 4.78 is 34.3. The number of hydrogen-bond acceptors (Lipinski definition) is 5. The molecule has 0 fully saturated rings. The zero-order valence-electron chi connectivity index (χ0n) is 23.9. The fourth-order valence-electron chi connectivity index (χ4n) is 4.69. The Bertz CT molecular complexity index is 1590. The van der Waals surface area contributed by atoms with Gasteiger partial charge in [0, 0.05) is 20.0 Å². The molecule has 2 amide bonds. The van der Waals surface area contributed by atoms with E-state index in [0.29, 0.717) is 11.4 Å². The number of aryl methyl sites for hydroxylation is 1. The molecule has 0 aliphatic heterocycles. The molecule has 1 N–H and O–H groups in total. The number of benzene rings is 4. The quantitative estimate of drug-likeness (QED) is 0.263. The number of sulfonamides is 1. The summed E-state index contributed by atoms with van der Waals surface area (Å²) in [5.41, 5.74) is 3.02. The molecule has 42 heavy (non-hydrogen) atoms. The molecule has 0 saturated heterocycles. The third kappa shape index (κ3) is 7.16. The van der Waals surface area contributed by atoms with Crippen molar-refractivity contribution in [2.45, 2.75) is 30.8 Å². The van der Waals surface area contributed by atoms with Crippen LogP contribution in [-0.4, -0.2) is 51.9 Å².